The zero-order chi connectivity index (χ0) is 7.98. The molecular weight excluding hydrogens is 148 g/mol. The summed E-state index contributed by atoms with van der Waals surface area (Å²) in [4.78, 5) is 7.48. The third-order valence-electron chi connectivity index (χ3n) is 1.09. The molecule has 0 aliphatic rings. The highest BCUT2D eigenvalue weighted by atomic mass is 35.5. The predicted octanol–water partition coefficient (Wildman–Crippen LogP) is 2.25. The lowest BCUT2D eigenvalue weighted by atomic mass is 10.3. The SMILES string of the molecule is C=N/C=C(/Cl)C(CC)=NC. The Morgan fingerprint density at radius 2 is 2.30 bits per heavy atom. The van der Waals surface area contributed by atoms with E-state index in [0.717, 1.165) is 12.1 Å². The van der Waals surface area contributed by atoms with Crippen LogP contribution in [0.5, 0.6) is 0 Å². The van der Waals surface area contributed by atoms with Crippen molar-refractivity contribution in [1.82, 2.24) is 0 Å². The van der Waals surface area contributed by atoms with Gasteiger partial charge in [0, 0.05) is 13.2 Å². The number of hydrogen-bond donors (Lipinski definition) is 0. The zero-order valence-electron chi connectivity index (χ0n) is 6.26. The van der Waals surface area contributed by atoms with E-state index >= 15 is 0 Å². The first-order chi connectivity index (χ1) is 4.76. The highest BCUT2D eigenvalue weighted by Crippen LogP contribution is 2.06. The van der Waals surface area contributed by atoms with Crippen LogP contribution in [0.3, 0.4) is 0 Å². The van der Waals surface area contributed by atoms with Crippen molar-refractivity contribution in [3.63, 3.8) is 0 Å². The molecule has 10 heavy (non-hydrogen) atoms. The molecule has 0 N–H and O–H groups in total. The van der Waals surface area contributed by atoms with Gasteiger partial charge in [0.25, 0.3) is 0 Å². The average molecular weight is 159 g/mol. The molecule has 0 saturated heterocycles. The van der Waals surface area contributed by atoms with Crippen LogP contribution >= 0.6 is 11.6 Å². The van der Waals surface area contributed by atoms with Gasteiger partial charge in [-0.2, -0.15) is 0 Å². The molecule has 0 aliphatic carbocycles. The molecule has 0 rings (SSSR count). The van der Waals surface area contributed by atoms with Gasteiger partial charge in [-0.1, -0.05) is 18.5 Å². The topological polar surface area (TPSA) is 24.7 Å². The maximum Gasteiger partial charge on any atom is 0.0798 e. The van der Waals surface area contributed by atoms with Crippen LogP contribution in [0.1, 0.15) is 13.3 Å². The Balaban J connectivity index is 4.30. The Kier molecular flexibility index (Phi) is 4.85. The van der Waals surface area contributed by atoms with Crippen molar-refractivity contribution in [2.45, 2.75) is 13.3 Å². The molecule has 0 fully saturated rings. The van der Waals surface area contributed by atoms with E-state index in [4.69, 9.17) is 11.6 Å². The lowest BCUT2D eigenvalue weighted by Crippen LogP contribution is -1.94. The molecule has 3 heteroatoms. The van der Waals surface area contributed by atoms with Crippen molar-refractivity contribution in [3.8, 4) is 0 Å². The molecular formula is C7H11ClN2. The molecule has 56 valence electrons. The van der Waals surface area contributed by atoms with Gasteiger partial charge >= 0.3 is 0 Å². The van der Waals surface area contributed by atoms with E-state index in [1.165, 1.54) is 6.20 Å². The van der Waals surface area contributed by atoms with Gasteiger partial charge < -0.3 is 0 Å². The fourth-order valence-corrected chi connectivity index (χ4v) is 0.876. The third-order valence-corrected chi connectivity index (χ3v) is 1.40. The highest BCUT2D eigenvalue weighted by molar-refractivity contribution is 6.43. The Morgan fingerprint density at radius 3 is 2.60 bits per heavy atom. The van der Waals surface area contributed by atoms with Crippen molar-refractivity contribution in [3.05, 3.63) is 11.2 Å². The first kappa shape index (κ1) is 9.37. The first-order valence-corrected chi connectivity index (χ1v) is 3.41. The first-order valence-electron chi connectivity index (χ1n) is 3.03. The number of aliphatic imine (C=N–C) groups is 2. The van der Waals surface area contributed by atoms with E-state index in [1.807, 2.05) is 6.92 Å². The van der Waals surface area contributed by atoms with Crippen molar-refractivity contribution >= 4 is 24.0 Å². The van der Waals surface area contributed by atoms with E-state index in [9.17, 15) is 0 Å². The van der Waals surface area contributed by atoms with Crippen LogP contribution in [0, 0.1) is 0 Å². The van der Waals surface area contributed by atoms with E-state index in [1.54, 1.807) is 7.05 Å². The maximum absolute atomic E-state index is 5.74. The molecule has 0 aromatic carbocycles. The Hall–Kier alpha value is -0.630. The van der Waals surface area contributed by atoms with E-state index in [-0.39, 0.29) is 0 Å². The number of halogens is 1. The fourth-order valence-electron chi connectivity index (χ4n) is 0.588. The minimum Gasteiger partial charge on any atom is -0.291 e. The molecule has 0 aliphatic heterocycles. The normalized spacial score (nSPS) is 13.5. The molecule has 2 nitrogen and oxygen atoms in total. The molecule has 0 spiro atoms. The molecule has 0 unspecified atom stereocenters. The van der Waals surface area contributed by atoms with E-state index < -0.39 is 0 Å². The number of hydrogen-bond acceptors (Lipinski definition) is 2. The summed E-state index contributed by atoms with van der Waals surface area (Å²) >= 11 is 5.74. The van der Waals surface area contributed by atoms with Gasteiger partial charge in [-0.15, -0.1) is 0 Å². The molecule has 0 radical (unpaired) electrons. The van der Waals surface area contributed by atoms with Crippen molar-refractivity contribution in [2.75, 3.05) is 7.05 Å². The van der Waals surface area contributed by atoms with Gasteiger partial charge in [0.1, 0.15) is 0 Å². The van der Waals surface area contributed by atoms with Gasteiger partial charge in [-0.05, 0) is 13.1 Å². The minimum absolute atomic E-state index is 0.569. The Bertz CT molecular complexity index is 170. The average Bonchev–Trinajstić information content (AvgIpc) is 1.91. The highest BCUT2D eigenvalue weighted by Gasteiger charge is 1.97. The van der Waals surface area contributed by atoms with Crippen molar-refractivity contribution in [1.29, 1.82) is 0 Å². The summed E-state index contributed by atoms with van der Waals surface area (Å²) in [7, 11) is 1.71. The third kappa shape index (κ3) is 2.78. The van der Waals surface area contributed by atoms with Crippen LogP contribution in [0.2, 0.25) is 0 Å². The van der Waals surface area contributed by atoms with Gasteiger partial charge in [0.15, 0.2) is 0 Å². The second kappa shape index (κ2) is 5.18. The van der Waals surface area contributed by atoms with Gasteiger partial charge in [-0.3, -0.25) is 9.98 Å². The summed E-state index contributed by atoms with van der Waals surface area (Å²) in [6.07, 6.45) is 2.31. The number of rotatable bonds is 3. The summed E-state index contributed by atoms with van der Waals surface area (Å²) in [6, 6.07) is 0. The van der Waals surface area contributed by atoms with E-state index in [0.29, 0.717) is 5.03 Å². The van der Waals surface area contributed by atoms with Crippen LogP contribution < -0.4 is 0 Å². The number of allylic oxidation sites excluding steroid dienone is 1. The van der Waals surface area contributed by atoms with Gasteiger partial charge in [-0.25, -0.2) is 0 Å². The smallest absolute Gasteiger partial charge is 0.0798 e. The molecule has 0 bridgehead atoms. The van der Waals surface area contributed by atoms with Crippen LogP contribution in [0.4, 0.5) is 0 Å². The second-order valence-electron chi connectivity index (χ2n) is 1.68. The van der Waals surface area contributed by atoms with Crippen LogP contribution in [0.25, 0.3) is 0 Å². The quantitative estimate of drug-likeness (QED) is 0.563. The van der Waals surface area contributed by atoms with Gasteiger partial charge in [0.2, 0.25) is 0 Å². The summed E-state index contributed by atoms with van der Waals surface area (Å²) in [5.41, 5.74) is 0.856. The van der Waals surface area contributed by atoms with E-state index in [2.05, 4.69) is 16.7 Å². The monoisotopic (exact) mass is 158 g/mol. The predicted molar refractivity (Wildman–Crippen MR) is 47.1 cm³/mol. The second-order valence-corrected chi connectivity index (χ2v) is 2.09. The number of nitrogens with zero attached hydrogens (tertiary/aromatic N) is 2. The van der Waals surface area contributed by atoms with Crippen LogP contribution in [0.15, 0.2) is 21.2 Å². The lowest BCUT2D eigenvalue weighted by Gasteiger charge is -1.96. The standard InChI is InChI=1S/C7H11ClN2/c1-4-7(10-3)6(8)5-9-2/h5H,2,4H2,1,3H3/b6-5+,10-7?. The van der Waals surface area contributed by atoms with Crippen molar-refractivity contribution in [2.24, 2.45) is 9.98 Å². The maximum atomic E-state index is 5.74. The molecule has 0 heterocycles. The molecule has 0 aromatic heterocycles. The Labute approximate surface area is 66.3 Å². The van der Waals surface area contributed by atoms with Crippen LogP contribution in [-0.2, 0) is 0 Å². The molecule has 0 atom stereocenters. The van der Waals surface area contributed by atoms with Gasteiger partial charge in [0.05, 0.1) is 10.7 Å². The summed E-state index contributed by atoms with van der Waals surface area (Å²) in [6.45, 7) is 5.27. The largest absolute Gasteiger partial charge is 0.291 e. The van der Waals surface area contributed by atoms with Crippen molar-refractivity contribution < 1.29 is 0 Å². The molecule has 0 aromatic rings. The summed E-state index contributed by atoms with van der Waals surface area (Å²) in [5.74, 6) is 0. The summed E-state index contributed by atoms with van der Waals surface area (Å²) < 4.78 is 0. The van der Waals surface area contributed by atoms with Crippen LogP contribution in [-0.4, -0.2) is 19.5 Å². The fraction of sp³-hybridized carbons (Fsp3) is 0.429. The Morgan fingerprint density at radius 1 is 1.70 bits per heavy atom. The molecule has 0 saturated carbocycles. The lowest BCUT2D eigenvalue weighted by molar-refractivity contribution is 1.25. The zero-order valence-corrected chi connectivity index (χ0v) is 7.02. The summed E-state index contributed by atoms with van der Waals surface area (Å²) in [5, 5.41) is 0.569. The minimum atomic E-state index is 0.569. The molecule has 0 amide bonds.